The van der Waals surface area contributed by atoms with Crippen molar-refractivity contribution in [1.82, 2.24) is 0 Å². The van der Waals surface area contributed by atoms with Gasteiger partial charge in [-0.3, -0.25) is 0 Å². The van der Waals surface area contributed by atoms with Crippen LogP contribution in [-0.2, 0) is 19.1 Å². The van der Waals surface area contributed by atoms with Gasteiger partial charge in [0.2, 0.25) is 0 Å². The van der Waals surface area contributed by atoms with E-state index in [1.54, 1.807) is 0 Å². The molecule has 4 aliphatic rings. The molecule has 0 amide bonds. The molecule has 220 valence electrons. The van der Waals surface area contributed by atoms with Crippen LogP contribution < -0.4 is 0 Å². The highest BCUT2D eigenvalue weighted by Gasteiger charge is 2.44. The summed E-state index contributed by atoms with van der Waals surface area (Å²) in [5, 5.41) is 48.4. The number of benzene rings is 1. The summed E-state index contributed by atoms with van der Waals surface area (Å²) in [5.74, 6) is 0.412. The number of cyclic esters (lactones) is 2. The maximum Gasteiger partial charge on any atom is 0.338 e. The van der Waals surface area contributed by atoms with Gasteiger partial charge in [-0.25, -0.2) is 19.2 Å². The van der Waals surface area contributed by atoms with Crippen molar-refractivity contribution < 1.29 is 59.3 Å². The number of carbonyl (C=O) groups excluding carboxylic acids is 2. The lowest BCUT2D eigenvalue weighted by molar-refractivity contribution is -0.150. The maximum absolute atomic E-state index is 10.4. The molecule has 0 spiro atoms. The number of fused-ring (bicyclic) bond motifs is 5. The third-order valence-electron chi connectivity index (χ3n) is 5.94. The van der Waals surface area contributed by atoms with Crippen LogP contribution in [0.4, 0.5) is 0 Å². The fourth-order valence-electron chi connectivity index (χ4n) is 4.29. The van der Waals surface area contributed by atoms with Crippen molar-refractivity contribution in [2.75, 3.05) is 39.6 Å². The van der Waals surface area contributed by atoms with Crippen molar-refractivity contribution in [2.24, 2.45) is 23.7 Å². The number of allylic oxidation sites excluding steroid dienone is 4. The van der Waals surface area contributed by atoms with Gasteiger partial charge in [-0.15, -0.1) is 0 Å². The van der Waals surface area contributed by atoms with Crippen LogP contribution in [-0.4, -0.2) is 94.2 Å². The number of carboxylic acids is 2. The molecule has 1 aromatic rings. The fraction of sp³-hybridized carbons (Fsp3) is 0.429. The van der Waals surface area contributed by atoms with Gasteiger partial charge in [0.1, 0.15) is 0 Å². The van der Waals surface area contributed by atoms with Gasteiger partial charge in [0.15, 0.2) is 0 Å². The molecule has 12 heteroatoms. The number of aliphatic hydroxyl groups excluding tert-OH is 4. The third kappa shape index (κ3) is 12.5. The van der Waals surface area contributed by atoms with Crippen molar-refractivity contribution in [3.8, 4) is 0 Å². The monoisotopic (exact) mass is 564 g/mol. The van der Waals surface area contributed by atoms with E-state index >= 15 is 0 Å². The zero-order valence-electron chi connectivity index (χ0n) is 21.9. The van der Waals surface area contributed by atoms with Crippen LogP contribution in [0.15, 0.2) is 60.7 Å². The molecular weight excluding hydrogens is 528 g/mol. The highest BCUT2D eigenvalue weighted by atomic mass is 16.6. The summed E-state index contributed by atoms with van der Waals surface area (Å²) >= 11 is 0. The molecule has 6 N–H and O–H groups in total. The Morgan fingerprint density at radius 1 is 0.800 bits per heavy atom. The van der Waals surface area contributed by atoms with Crippen molar-refractivity contribution in [3.63, 3.8) is 0 Å². The van der Waals surface area contributed by atoms with Crippen molar-refractivity contribution in [2.45, 2.75) is 12.8 Å². The first-order valence-electron chi connectivity index (χ1n) is 12.5. The van der Waals surface area contributed by atoms with Crippen molar-refractivity contribution >= 4 is 23.9 Å². The number of aromatic carboxylic acids is 2. The number of aliphatic hydroxyl groups is 4. The number of carboxylic acid groups (broad SMARTS) is 2. The lowest BCUT2D eigenvalue weighted by atomic mass is 9.86. The summed E-state index contributed by atoms with van der Waals surface area (Å²) < 4.78 is 8.60. The summed E-state index contributed by atoms with van der Waals surface area (Å²) in [6, 6.07) is 5.20. The molecule has 3 aliphatic carbocycles. The largest absolute Gasteiger partial charge is 0.478 e. The average molecular weight is 565 g/mol. The Hall–Kier alpha value is -3.68. The zero-order chi connectivity index (χ0) is 29.9. The Morgan fingerprint density at radius 2 is 1.32 bits per heavy atom. The summed E-state index contributed by atoms with van der Waals surface area (Å²) in [4.78, 5) is 40.6. The molecule has 5 rings (SSSR count). The Bertz CT molecular complexity index is 994. The number of ether oxygens (including phenoxy) is 2. The van der Waals surface area contributed by atoms with Crippen molar-refractivity contribution in [3.05, 3.63) is 71.8 Å². The van der Waals surface area contributed by atoms with E-state index in [2.05, 4.69) is 33.8 Å². The molecule has 1 aromatic carbocycles. The predicted octanol–water partition coefficient (Wildman–Crippen LogP) is 1.05. The first-order valence-corrected chi connectivity index (χ1v) is 12.5. The van der Waals surface area contributed by atoms with Gasteiger partial charge in [-0.1, -0.05) is 30.4 Å². The van der Waals surface area contributed by atoms with Crippen molar-refractivity contribution in [1.29, 1.82) is 0 Å². The third-order valence-corrected chi connectivity index (χ3v) is 5.94. The fourth-order valence-corrected chi connectivity index (χ4v) is 4.29. The molecular formula is C28H36O12. The Kier molecular flexibility index (Phi) is 16.6. The van der Waals surface area contributed by atoms with E-state index in [0.29, 0.717) is 13.2 Å². The minimum atomic E-state index is -1.13. The van der Waals surface area contributed by atoms with Crippen LogP contribution in [0.5, 0.6) is 0 Å². The summed E-state index contributed by atoms with van der Waals surface area (Å²) in [7, 11) is 0. The van der Waals surface area contributed by atoms with Crippen LogP contribution in [0.1, 0.15) is 33.6 Å². The summed E-state index contributed by atoms with van der Waals surface area (Å²) in [6.07, 6.45) is 14.7. The van der Waals surface area contributed by atoms with Crippen LogP contribution in [0.25, 0.3) is 0 Å². The lowest BCUT2D eigenvalue weighted by Gasteiger charge is -2.18. The van der Waals surface area contributed by atoms with E-state index < -0.39 is 23.9 Å². The predicted molar refractivity (Wildman–Crippen MR) is 141 cm³/mol. The summed E-state index contributed by atoms with van der Waals surface area (Å²) in [5.41, 5.74) is -0.0372. The molecule has 40 heavy (non-hydrogen) atoms. The minimum Gasteiger partial charge on any atom is -0.478 e. The molecule has 4 unspecified atom stereocenters. The number of hydrogen-bond acceptors (Lipinski definition) is 10. The molecule has 1 heterocycles. The summed E-state index contributed by atoms with van der Waals surface area (Å²) in [6.45, 7) is 0.446. The van der Waals surface area contributed by atoms with Crippen LogP contribution >= 0.6 is 0 Å². The van der Waals surface area contributed by atoms with Gasteiger partial charge in [0, 0.05) is 12.2 Å². The molecule has 4 atom stereocenters. The Balaban J connectivity index is 0.000000261. The maximum atomic E-state index is 10.4. The highest BCUT2D eigenvalue weighted by molar-refractivity contribution is 6.04. The van der Waals surface area contributed by atoms with Gasteiger partial charge in [0.05, 0.1) is 50.8 Å². The standard InChI is InChI=1S/C10H12.C8H6O4.C4H2O3.C4H10O3.C2H6O2/c1-2-9-7-4-5-8(6-7)10(9)3-1;9-7(10)5-2-1-3-6(4-5)8(11)12;5-3-1-2-4(6)7-3;5-1-3-7-4-2-6;3-1-2-4/h1-2,4-5,7-10H,3,6H2;1-4H,(H,9,10)(H,11,12);1-2H;5-6H,1-4H2;3-4H,1-2H2. The zero-order valence-corrected chi connectivity index (χ0v) is 21.9. The first-order chi connectivity index (χ1) is 19.2. The minimum absolute atomic E-state index is 0.0186. The quantitative estimate of drug-likeness (QED) is 0.119. The second-order valence-electron chi connectivity index (χ2n) is 8.62. The van der Waals surface area contributed by atoms with Crippen LogP contribution in [0.3, 0.4) is 0 Å². The van der Waals surface area contributed by atoms with E-state index in [0.717, 1.165) is 41.9 Å². The first kappa shape index (κ1) is 34.3. The molecule has 0 aromatic heterocycles. The van der Waals surface area contributed by atoms with Crippen LogP contribution in [0, 0.1) is 23.7 Å². The smallest absolute Gasteiger partial charge is 0.338 e. The van der Waals surface area contributed by atoms with Gasteiger partial charge < -0.3 is 40.1 Å². The van der Waals surface area contributed by atoms with E-state index in [1.165, 1.54) is 31.0 Å². The topological polar surface area (TPSA) is 208 Å². The SMILES string of the molecule is C1=CC2C3C=CC(C3)C2C1.O=C(O)c1cccc(C(=O)O)c1.O=C1C=CC(=O)O1.OCCO.OCCOCCO. The Morgan fingerprint density at radius 3 is 1.73 bits per heavy atom. The van der Waals surface area contributed by atoms with E-state index in [-0.39, 0.29) is 37.6 Å². The van der Waals surface area contributed by atoms with E-state index in [9.17, 15) is 19.2 Å². The molecule has 0 radical (unpaired) electrons. The van der Waals surface area contributed by atoms with Gasteiger partial charge in [-0.05, 0) is 54.7 Å². The lowest BCUT2D eigenvalue weighted by Crippen LogP contribution is -2.12. The van der Waals surface area contributed by atoms with Gasteiger partial charge in [-0.2, -0.15) is 0 Å². The average Bonchev–Trinajstić information content (AvgIpc) is 3.75. The number of esters is 2. The molecule has 1 fully saturated rings. The molecule has 2 bridgehead atoms. The number of hydrogen-bond donors (Lipinski definition) is 6. The second kappa shape index (κ2) is 19.4. The highest BCUT2D eigenvalue weighted by Crippen LogP contribution is 2.52. The molecule has 0 saturated heterocycles. The van der Waals surface area contributed by atoms with E-state index in [4.69, 9.17) is 30.6 Å². The molecule has 1 aliphatic heterocycles. The Labute approximate surface area is 231 Å². The van der Waals surface area contributed by atoms with E-state index in [1.807, 2.05) is 0 Å². The number of carbonyl (C=O) groups is 4. The normalized spacial score (nSPS) is 21.9. The van der Waals surface area contributed by atoms with Gasteiger partial charge in [0.25, 0.3) is 0 Å². The second-order valence-corrected chi connectivity index (χ2v) is 8.62. The molecule has 1 saturated carbocycles. The van der Waals surface area contributed by atoms with Gasteiger partial charge >= 0.3 is 23.9 Å². The number of rotatable bonds is 7. The van der Waals surface area contributed by atoms with Crippen LogP contribution in [0.2, 0.25) is 0 Å². The molecule has 12 nitrogen and oxygen atoms in total.